The second kappa shape index (κ2) is 6.92. The highest BCUT2D eigenvalue weighted by molar-refractivity contribution is 9.10. The van der Waals surface area contributed by atoms with E-state index in [-0.39, 0.29) is 5.82 Å². The number of halogens is 4. The molecule has 1 atom stereocenters. The van der Waals surface area contributed by atoms with Crippen LogP contribution in [0.3, 0.4) is 0 Å². The zero-order valence-corrected chi connectivity index (χ0v) is 14.6. The van der Waals surface area contributed by atoms with Crippen molar-refractivity contribution < 1.29 is 9.13 Å². The number of rotatable bonds is 4. The van der Waals surface area contributed by atoms with Crippen LogP contribution in [0.2, 0.25) is 0 Å². The minimum atomic E-state index is -0.572. The van der Waals surface area contributed by atoms with Crippen LogP contribution in [-0.4, -0.2) is 6.61 Å². The second-order valence-corrected chi connectivity index (χ2v) is 6.35. The molecule has 2 aromatic rings. The lowest BCUT2D eigenvalue weighted by molar-refractivity contribution is 0.340. The summed E-state index contributed by atoms with van der Waals surface area (Å²) >= 11 is 13.2. The molecule has 2 aromatic carbocycles. The molecule has 106 valence electrons. The number of benzene rings is 2. The minimum absolute atomic E-state index is 0.325. The Morgan fingerprint density at radius 3 is 2.55 bits per heavy atom. The SMILES string of the molecule is CCOc1ccc(C(Cl)c2cc(Br)ccc2F)c(Br)c1. The first kappa shape index (κ1) is 15.8. The fraction of sp³-hybridized carbons (Fsp3) is 0.200. The maximum Gasteiger partial charge on any atom is 0.128 e. The highest BCUT2D eigenvalue weighted by Gasteiger charge is 2.18. The summed E-state index contributed by atoms with van der Waals surface area (Å²) in [4.78, 5) is 0. The van der Waals surface area contributed by atoms with Crippen molar-refractivity contribution in [3.63, 3.8) is 0 Å². The predicted molar refractivity (Wildman–Crippen MR) is 87.1 cm³/mol. The van der Waals surface area contributed by atoms with Gasteiger partial charge in [-0.1, -0.05) is 37.9 Å². The van der Waals surface area contributed by atoms with E-state index in [1.165, 1.54) is 6.07 Å². The zero-order chi connectivity index (χ0) is 14.7. The van der Waals surface area contributed by atoms with Gasteiger partial charge in [0.05, 0.1) is 12.0 Å². The van der Waals surface area contributed by atoms with Gasteiger partial charge >= 0.3 is 0 Å². The first-order valence-electron chi connectivity index (χ1n) is 6.04. The summed E-state index contributed by atoms with van der Waals surface area (Å²) in [6.07, 6.45) is 0. The van der Waals surface area contributed by atoms with Gasteiger partial charge in [0.25, 0.3) is 0 Å². The average molecular weight is 423 g/mol. The van der Waals surface area contributed by atoms with Gasteiger partial charge in [0.1, 0.15) is 11.6 Å². The zero-order valence-electron chi connectivity index (χ0n) is 10.7. The number of ether oxygens (including phenoxy) is 1. The van der Waals surface area contributed by atoms with Crippen molar-refractivity contribution in [2.75, 3.05) is 6.61 Å². The van der Waals surface area contributed by atoms with E-state index in [1.54, 1.807) is 12.1 Å². The van der Waals surface area contributed by atoms with E-state index in [0.717, 1.165) is 20.3 Å². The van der Waals surface area contributed by atoms with E-state index in [0.29, 0.717) is 12.2 Å². The summed E-state index contributed by atoms with van der Waals surface area (Å²) in [5.74, 6) is 0.427. The Morgan fingerprint density at radius 2 is 1.90 bits per heavy atom. The monoisotopic (exact) mass is 420 g/mol. The number of hydrogen-bond acceptors (Lipinski definition) is 1. The van der Waals surface area contributed by atoms with E-state index in [1.807, 2.05) is 25.1 Å². The summed E-state index contributed by atoms with van der Waals surface area (Å²) in [6, 6.07) is 10.2. The molecule has 1 nitrogen and oxygen atoms in total. The Kier molecular flexibility index (Phi) is 5.47. The molecule has 0 fully saturated rings. The van der Waals surface area contributed by atoms with Gasteiger partial charge in [-0.05, 0) is 42.8 Å². The lowest BCUT2D eigenvalue weighted by Gasteiger charge is -2.15. The fourth-order valence-corrected chi connectivity index (χ4v) is 3.30. The quantitative estimate of drug-likeness (QED) is 0.543. The molecule has 0 aliphatic rings. The van der Waals surface area contributed by atoms with Crippen LogP contribution in [0, 0.1) is 5.82 Å². The van der Waals surface area contributed by atoms with E-state index in [4.69, 9.17) is 16.3 Å². The molecule has 0 aromatic heterocycles. The highest BCUT2D eigenvalue weighted by Crippen LogP contribution is 2.37. The van der Waals surface area contributed by atoms with Crippen molar-refractivity contribution in [2.45, 2.75) is 12.3 Å². The topological polar surface area (TPSA) is 9.23 Å². The lowest BCUT2D eigenvalue weighted by atomic mass is 10.0. The maximum atomic E-state index is 13.9. The minimum Gasteiger partial charge on any atom is -0.494 e. The van der Waals surface area contributed by atoms with Gasteiger partial charge in [0, 0.05) is 14.5 Å². The summed E-state index contributed by atoms with van der Waals surface area (Å²) in [5.41, 5.74) is 1.23. The van der Waals surface area contributed by atoms with Crippen molar-refractivity contribution in [3.8, 4) is 5.75 Å². The summed E-state index contributed by atoms with van der Waals surface area (Å²) in [5, 5.41) is -0.572. The normalized spacial score (nSPS) is 12.2. The van der Waals surface area contributed by atoms with E-state index in [2.05, 4.69) is 31.9 Å². The smallest absolute Gasteiger partial charge is 0.128 e. The molecule has 0 saturated heterocycles. The molecular weight excluding hydrogens is 410 g/mol. The van der Waals surface area contributed by atoms with Gasteiger partial charge < -0.3 is 4.74 Å². The van der Waals surface area contributed by atoms with Gasteiger partial charge in [-0.25, -0.2) is 4.39 Å². The van der Waals surface area contributed by atoms with Gasteiger partial charge in [-0.3, -0.25) is 0 Å². The first-order chi connectivity index (χ1) is 9.52. The Bertz CT molecular complexity index is 619. The molecule has 0 heterocycles. The van der Waals surface area contributed by atoms with Crippen LogP contribution < -0.4 is 4.74 Å². The van der Waals surface area contributed by atoms with Crippen LogP contribution in [0.1, 0.15) is 23.4 Å². The third kappa shape index (κ3) is 3.54. The summed E-state index contributed by atoms with van der Waals surface area (Å²) < 4.78 is 20.9. The Labute approximate surface area is 139 Å². The van der Waals surface area contributed by atoms with Crippen LogP contribution in [0.15, 0.2) is 45.3 Å². The molecule has 5 heteroatoms. The van der Waals surface area contributed by atoms with Gasteiger partial charge in [-0.15, -0.1) is 11.6 Å². The lowest BCUT2D eigenvalue weighted by Crippen LogP contribution is -1.99. The predicted octanol–water partition coefficient (Wildman–Crippen LogP) is 6.08. The van der Waals surface area contributed by atoms with Gasteiger partial charge in [0.2, 0.25) is 0 Å². The fourth-order valence-electron chi connectivity index (χ4n) is 1.85. The third-order valence-corrected chi connectivity index (χ3v) is 4.44. The van der Waals surface area contributed by atoms with Crippen LogP contribution in [0.25, 0.3) is 0 Å². The summed E-state index contributed by atoms with van der Waals surface area (Å²) in [7, 11) is 0. The molecule has 1 unspecified atom stereocenters. The standard InChI is InChI=1S/C15H12Br2ClFO/c1-2-20-10-4-5-11(13(17)8-10)15(18)12-7-9(16)3-6-14(12)19/h3-8,15H,2H2,1H3. The average Bonchev–Trinajstić information content (AvgIpc) is 2.41. The van der Waals surface area contributed by atoms with Crippen molar-refractivity contribution in [1.29, 1.82) is 0 Å². The van der Waals surface area contributed by atoms with Crippen molar-refractivity contribution in [2.24, 2.45) is 0 Å². The molecule has 0 amide bonds. The summed E-state index contributed by atoms with van der Waals surface area (Å²) in [6.45, 7) is 2.51. The van der Waals surface area contributed by atoms with Crippen LogP contribution >= 0.6 is 43.5 Å². The third-order valence-electron chi connectivity index (χ3n) is 2.79. The van der Waals surface area contributed by atoms with Gasteiger partial charge in [-0.2, -0.15) is 0 Å². The van der Waals surface area contributed by atoms with Crippen LogP contribution in [-0.2, 0) is 0 Å². The molecule has 0 aliphatic carbocycles. The molecule has 2 rings (SSSR count). The largest absolute Gasteiger partial charge is 0.494 e. The Hall–Kier alpha value is -0.580. The molecular formula is C15H12Br2ClFO. The van der Waals surface area contributed by atoms with Crippen molar-refractivity contribution >= 4 is 43.5 Å². The second-order valence-electron chi connectivity index (χ2n) is 4.14. The van der Waals surface area contributed by atoms with Crippen LogP contribution in [0.4, 0.5) is 4.39 Å². The van der Waals surface area contributed by atoms with Crippen LogP contribution in [0.5, 0.6) is 5.75 Å². The Morgan fingerprint density at radius 1 is 1.15 bits per heavy atom. The van der Waals surface area contributed by atoms with E-state index >= 15 is 0 Å². The van der Waals surface area contributed by atoms with Crippen molar-refractivity contribution in [1.82, 2.24) is 0 Å². The molecule has 0 aliphatic heterocycles. The molecule has 0 radical (unpaired) electrons. The number of alkyl halides is 1. The molecule has 0 bridgehead atoms. The van der Waals surface area contributed by atoms with Gasteiger partial charge in [0.15, 0.2) is 0 Å². The molecule has 20 heavy (non-hydrogen) atoms. The highest BCUT2D eigenvalue weighted by atomic mass is 79.9. The first-order valence-corrected chi connectivity index (χ1v) is 8.06. The van der Waals surface area contributed by atoms with E-state index < -0.39 is 5.38 Å². The van der Waals surface area contributed by atoms with Crippen molar-refractivity contribution in [3.05, 3.63) is 62.3 Å². The number of hydrogen-bond donors (Lipinski definition) is 0. The molecule has 0 N–H and O–H groups in total. The van der Waals surface area contributed by atoms with E-state index in [9.17, 15) is 4.39 Å². The molecule has 0 saturated carbocycles. The maximum absolute atomic E-state index is 13.9. The Balaban J connectivity index is 2.38. The molecule has 0 spiro atoms.